The maximum atomic E-state index is 11.6. The van der Waals surface area contributed by atoms with E-state index in [9.17, 15) is 4.79 Å². The fourth-order valence-electron chi connectivity index (χ4n) is 1.02. The molecule has 1 aromatic heterocycles. The summed E-state index contributed by atoms with van der Waals surface area (Å²) in [5, 5.41) is 7.34. The highest BCUT2D eigenvalue weighted by Crippen LogP contribution is 2.17. The molecule has 0 saturated carbocycles. The molecule has 1 rings (SSSR count). The minimum Gasteiger partial charge on any atom is -0.292 e. The quantitative estimate of drug-likeness (QED) is 0.671. The minimum absolute atomic E-state index is 0.00931. The van der Waals surface area contributed by atoms with Gasteiger partial charge in [0.05, 0.1) is 0 Å². The molecule has 0 aromatic carbocycles. The molecule has 0 spiro atoms. The van der Waals surface area contributed by atoms with Crippen LogP contribution < -0.4 is 0 Å². The van der Waals surface area contributed by atoms with Crippen molar-refractivity contribution in [3.8, 4) is 0 Å². The third-order valence-electron chi connectivity index (χ3n) is 1.82. The van der Waals surface area contributed by atoms with Crippen LogP contribution in [-0.4, -0.2) is 16.1 Å². The first-order valence-electron chi connectivity index (χ1n) is 4.40. The van der Waals surface area contributed by atoms with Crippen molar-refractivity contribution < 1.29 is 9.42 Å². The third-order valence-corrected chi connectivity index (χ3v) is 1.82. The van der Waals surface area contributed by atoms with E-state index in [0.717, 1.165) is 0 Å². The Labute approximate surface area is 77.3 Å². The first kappa shape index (κ1) is 9.89. The van der Waals surface area contributed by atoms with Gasteiger partial charge in [0.15, 0.2) is 11.5 Å². The van der Waals surface area contributed by atoms with Gasteiger partial charge in [-0.25, -0.2) is 4.63 Å². The van der Waals surface area contributed by atoms with E-state index >= 15 is 0 Å². The summed E-state index contributed by atoms with van der Waals surface area (Å²) in [6.07, 6.45) is 0. The molecule has 0 unspecified atom stereocenters. The van der Waals surface area contributed by atoms with Gasteiger partial charge in [-0.15, -0.1) is 0 Å². The van der Waals surface area contributed by atoms with Crippen LogP contribution >= 0.6 is 0 Å². The summed E-state index contributed by atoms with van der Waals surface area (Å²) in [6.45, 7) is 7.58. The summed E-state index contributed by atoms with van der Waals surface area (Å²) >= 11 is 0. The summed E-state index contributed by atoms with van der Waals surface area (Å²) in [6, 6.07) is 0. The highest BCUT2D eigenvalue weighted by atomic mass is 16.6. The van der Waals surface area contributed by atoms with Gasteiger partial charge in [0.25, 0.3) is 0 Å². The van der Waals surface area contributed by atoms with E-state index < -0.39 is 0 Å². The van der Waals surface area contributed by atoms with E-state index in [1.54, 1.807) is 0 Å². The van der Waals surface area contributed by atoms with Crippen LogP contribution in [0.3, 0.4) is 0 Å². The van der Waals surface area contributed by atoms with Crippen LogP contribution in [0, 0.1) is 5.92 Å². The molecule has 0 aliphatic rings. The molecule has 0 atom stereocenters. The van der Waals surface area contributed by atoms with Gasteiger partial charge in [0.2, 0.25) is 0 Å². The average Bonchev–Trinajstić information content (AvgIpc) is 2.50. The lowest BCUT2D eigenvalue weighted by Gasteiger charge is -2.02. The van der Waals surface area contributed by atoms with Crippen molar-refractivity contribution in [2.24, 2.45) is 5.92 Å². The van der Waals surface area contributed by atoms with Crippen LogP contribution in [-0.2, 0) is 0 Å². The van der Waals surface area contributed by atoms with Gasteiger partial charge in [-0.2, -0.15) is 0 Å². The molecule has 0 aliphatic heterocycles. The Morgan fingerprint density at radius 1 is 1.23 bits per heavy atom. The number of hydrogen-bond donors (Lipinski definition) is 0. The topological polar surface area (TPSA) is 56.0 Å². The molecule has 72 valence electrons. The van der Waals surface area contributed by atoms with Crippen molar-refractivity contribution in [3.05, 3.63) is 11.4 Å². The van der Waals surface area contributed by atoms with Crippen LogP contribution in [0.25, 0.3) is 0 Å². The lowest BCUT2D eigenvalue weighted by atomic mass is 10.0. The lowest BCUT2D eigenvalue weighted by molar-refractivity contribution is 0.0928. The summed E-state index contributed by atoms with van der Waals surface area (Å²) in [4.78, 5) is 11.6. The molecule has 0 saturated heterocycles. The molecule has 0 amide bonds. The molecule has 4 nitrogen and oxygen atoms in total. The Morgan fingerprint density at radius 2 is 1.85 bits per heavy atom. The van der Waals surface area contributed by atoms with E-state index in [1.807, 2.05) is 27.7 Å². The first-order valence-corrected chi connectivity index (χ1v) is 4.40. The number of carbonyl (C=O) groups excluding carboxylic acids is 1. The first-order chi connectivity index (χ1) is 6.04. The molecule has 0 fully saturated rings. The van der Waals surface area contributed by atoms with Gasteiger partial charge >= 0.3 is 0 Å². The van der Waals surface area contributed by atoms with Gasteiger partial charge in [-0.1, -0.05) is 32.9 Å². The van der Waals surface area contributed by atoms with Crippen molar-refractivity contribution in [1.82, 2.24) is 10.3 Å². The standard InChI is InChI=1S/C9H14N2O2/c1-5(2)7-8(11-13-10-7)9(12)6(3)4/h5-6H,1-4H3. The number of rotatable bonds is 3. The second kappa shape index (κ2) is 3.68. The molecular formula is C9H14N2O2. The summed E-state index contributed by atoms with van der Waals surface area (Å²) < 4.78 is 4.56. The second-order valence-corrected chi connectivity index (χ2v) is 3.67. The van der Waals surface area contributed by atoms with Crippen LogP contribution in [0.4, 0.5) is 0 Å². The average molecular weight is 182 g/mol. The molecule has 4 heteroatoms. The number of nitrogens with zero attached hydrogens (tertiary/aromatic N) is 2. The zero-order valence-corrected chi connectivity index (χ0v) is 8.37. The number of ketones is 1. The van der Waals surface area contributed by atoms with Crippen LogP contribution in [0.2, 0.25) is 0 Å². The summed E-state index contributed by atoms with van der Waals surface area (Å²) in [5.74, 6) is 0.0956. The third kappa shape index (κ3) is 1.94. The van der Waals surface area contributed by atoms with Crippen molar-refractivity contribution in [1.29, 1.82) is 0 Å². The van der Waals surface area contributed by atoms with Crippen LogP contribution in [0.15, 0.2) is 4.63 Å². The fraction of sp³-hybridized carbons (Fsp3) is 0.667. The highest BCUT2D eigenvalue weighted by Gasteiger charge is 2.22. The van der Waals surface area contributed by atoms with Crippen molar-refractivity contribution in [3.63, 3.8) is 0 Å². The van der Waals surface area contributed by atoms with E-state index in [-0.39, 0.29) is 17.6 Å². The number of carbonyl (C=O) groups is 1. The predicted molar refractivity (Wildman–Crippen MR) is 47.6 cm³/mol. The molecule has 1 aromatic rings. The van der Waals surface area contributed by atoms with Crippen LogP contribution in [0.1, 0.15) is 49.8 Å². The Hall–Kier alpha value is -1.19. The lowest BCUT2D eigenvalue weighted by Crippen LogP contribution is -2.11. The second-order valence-electron chi connectivity index (χ2n) is 3.67. The summed E-state index contributed by atoms with van der Waals surface area (Å²) in [7, 11) is 0. The van der Waals surface area contributed by atoms with E-state index in [4.69, 9.17) is 0 Å². The van der Waals surface area contributed by atoms with Gasteiger partial charge in [0.1, 0.15) is 5.69 Å². The van der Waals surface area contributed by atoms with E-state index in [0.29, 0.717) is 11.4 Å². The van der Waals surface area contributed by atoms with Crippen molar-refractivity contribution in [2.45, 2.75) is 33.6 Å². The SMILES string of the molecule is CC(C)C(=O)c1nonc1C(C)C. The minimum atomic E-state index is -0.0654. The van der Waals surface area contributed by atoms with Crippen molar-refractivity contribution >= 4 is 5.78 Å². The molecule has 0 bridgehead atoms. The Balaban J connectivity index is 3.01. The normalized spacial score (nSPS) is 11.2. The highest BCUT2D eigenvalue weighted by molar-refractivity contribution is 5.96. The monoisotopic (exact) mass is 182 g/mol. The number of Topliss-reactive ketones (excluding diaryl/α,β-unsaturated/α-hetero) is 1. The molecular weight excluding hydrogens is 168 g/mol. The maximum Gasteiger partial charge on any atom is 0.189 e. The van der Waals surface area contributed by atoms with E-state index in [2.05, 4.69) is 14.9 Å². The Kier molecular flexibility index (Phi) is 2.80. The molecule has 0 aliphatic carbocycles. The molecule has 0 radical (unpaired) electrons. The fourth-order valence-corrected chi connectivity index (χ4v) is 1.02. The number of aromatic nitrogens is 2. The van der Waals surface area contributed by atoms with Crippen LogP contribution in [0.5, 0.6) is 0 Å². The summed E-state index contributed by atoms with van der Waals surface area (Å²) in [5.41, 5.74) is 1.03. The van der Waals surface area contributed by atoms with Gasteiger partial charge in [0, 0.05) is 11.8 Å². The Bertz CT molecular complexity index is 302. The molecule has 1 heterocycles. The predicted octanol–water partition coefficient (Wildman–Crippen LogP) is 2.03. The largest absolute Gasteiger partial charge is 0.292 e. The zero-order chi connectivity index (χ0) is 10.0. The molecule has 13 heavy (non-hydrogen) atoms. The maximum absolute atomic E-state index is 11.6. The number of hydrogen-bond acceptors (Lipinski definition) is 4. The van der Waals surface area contributed by atoms with E-state index in [1.165, 1.54) is 0 Å². The van der Waals surface area contributed by atoms with Gasteiger partial charge in [-0.3, -0.25) is 4.79 Å². The smallest absolute Gasteiger partial charge is 0.189 e. The Morgan fingerprint density at radius 3 is 2.31 bits per heavy atom. The van der Waals surface area contributed by atoms with Crippen molar-refractivity contribution in [2.75, 3.05) is 0 Å². The zero-order valence-electron chi connectivity index (χ0n) is 8.37. The van der Waals surface area contributed by atoms with Gasteiger partial charge in [-0.05, 0) is 5.16 Å². The van der Waals surface area contributed by atoms with Gasteiger partial charge < -0.3 is 0 Å². The molecule has 0 N–H and O–H groups in total.